The van der Waals surface area contributed by atoms with Gasteiger partial charge in [-0.1, -0.05) is 25.1 Å². The van der Waals surface area contributed by atoms with Crippen LogP contribution in [0.15, 0.2) is 24.3 Å². The lowest BCUT2D eigenvalue weighted by Gasteiger charge is -2.24. The minimum absolute atomic E-state index is 0.423. The molecule has 2 nitrogen and oxygen atoms in total. The molecule has 0 fully saturated rings. The van der Waals surface area contributed by atoms with Gasteiger partial charge in [-0.25, -0.2) is 0 Å². The number of hydrogen-bond donors (Lipinski definition) is 0. The van der Waals surface area contributed by atoms with Crippen molar-refractivity contribution in [3.8, 4) is 6.07 Å². The van der Waals surface area contributed by atoms with E-state index in [9.17, 15) is 4.79 Å². The van der Waals surface area contributed by atoms with E-state index in [1.165, 1.54) is 0 Å². The number of nitriles is 1. The van der Waals surface area contributed by atoms with Crippen molar-refractivity contribution in [1.29, 1.82) is 5.26 Å². The van der Waals surface area contributed by atoms with Gasteiger partial charge in [-0.2, -0.15) is 5.26 Å². The van der Waals surface area contributed by atoms with Crippen LogP contribution in [0.25, 0.3) is 0 Å². The Labute approximate surface area is 94.5 Å². The van der Waals surface area contributed by atoms with Gasteiger partial charge < -0.3 is 0 Å². The summed E-state index contributed by atoms with van der Waals surface area (Å²) in [6.45, 7) is 3.65. The predicted octanol–water partition coefficient (Wildman–Crippen LogP) is 2.99. The molecule has 0 saturated heterocycles. The van der Waals surface area contributed by atoms with Crippen LogP contribution in [0.4, 0.5) is 0 Å². The fraction of sp³-hybridized carbons (Fsp3) is 0.333. The van der Waals surface area contributed by atoms with Crippen molar-refractivity contribution in [2.45, 2.75) is 25.7 Å². The molecule has 15 heavy (non-hydrogen) atoms. The highest BCUT2D eigenvalue weighted by atomic mass is 35.5. The lowest BCUT2D eigenvalue weighted by molar-refractivity contribution is -0.116. The van der Waals surface area contributed by atoms with E-state index in [2.05, 4.69) is 6.07 Å². The fourth-order valence-corrected chi connectivity index (χ4v) is 1.73. The monoisotopic (exact) mass is 221 g/mol. The second-order valence-corrected chi connectivity index (χ2v) is 3.96. The van der Waals surface area contributed by atoms with E-state index in [-0.39, 0.29) is 0 Å². The van der Waals surface area contributed by atoms with Gasteiger partial charge >= 0.3 is 0 Å². The van der Waals surface area contributed by atoms with Gasteiger partial charge in [0.2, 0.25) is 5.24 Å². The summed E-state index contributed by atoms with van der Waals surface area (Å²) < 4.78 is 0. The van der Waals surface area contributed by atoms with E-state index in [4.69, 9.17) is 16.9 Å². The third kappa shape index (κ3) is 2.03. The van der Waals surface area contributed by atoms with Crippen molar-refractivity contribution in [2.75, 3.05) is 0 Å². The van der Waals surface area contributed by atoms with Crippen molar-refractivity contribution in [2.24, 2.45) is 0 Å². The zero-order valence-corrected chi connectivity index (χ0v) is 9.51. The molecular weight excluding hydrogens is 210 g/mol. The summed E-state index contributed by atoms with van der Waals surface area (Å²) in [7, 11) is 0. The van der Waals surface area contributed by atoms with E-state index in [1.54, 1.807) is 25.1 Å². The molecule has 1 rings (SSSR count). The Balaban J connectivity index is 3.37. The molecule has 0 radical (unpaired) electrons. The first-order valence-corrected chi connectivity index (χ1v) is 5.13. The Kier molecular flexibility index (Phi) is 3.49. The van der Waals surface area contributed by atoms with Crippen molar-refractivity contribution in [3.05, 3.63) is 35.4 Å². The van der Waals surface area contributed by atoms with Gasteiger partial charge in [0.25, 0.3) is 0 Å². The molecule has 3 heteroatoms. The standard InChI is InChI=1S/C12H12ClNO/c1-3-12(2,11(13)15)10-7-5-4-6-9(10)8-14/h4-7H,3H2,1-2H3. The minimum Gasteiger partial charge on any atom is -0.280 e. The molecule has 0 heterocycles. The lowest BCUT2D eigenvalue weighted by atomic mass is 9.79. The third-order valence-electron chi connectivity index (χ3n) is 2.78. The largest absolute Gasteiger partial charge is 0.280 e. The molecular formula is C12H12ClNO. The molecule has 78 valence electrons. The second kappa shape index (κ2) is 4.46. The van der Waals surface area contributed by atoms with Crippen LogP contribution in [0.3, 0.4) is 0 Å². The molecule has 1 atom stereocenters. The Hall–Kier alpha value is -1.33. The summed E-state index contributed by atoms with van der Waals surface area (Å²) in [5, 5.41) is 8.53. The number of halogens is 1. The molecule has 0 aromatic heterocycles. The van der Waals surface area contributed by atoms with Gasteiger partial charge in [0, 0.05) is 0 Å². The molecule has 0 N–H and O–H groups in total. The zero-order valence-electron chi connectivity index (χ0n) is 8.75. The van der Waals surface area contributed by atoms with Crippen molar-refractivity contribution in [1.82, 2.24) is 0 Å². The molecule has 1 unspecified atom stereocenters. The van der Waals surface area contributed by atoms with Gasteiger partial charge in [-0.05, 0) is 36.6 Å². The summed E-state index contributed by atoms with van der Waals surface area (Å²) in [5.74, 6) is 0. The first-order valence-electron chi connectivity index (χ1n) is 4.75. The number of hydrogen-bond acceptors (Lipinski definition) is 2. The summed E-state index contributed by atoms with van der Waals surface area (Å²) in [6.07, 6.45) is 0.577. The molecule has 0 aliphatic carbocycles. The van der Waals surface area contributed by atoms with Crippen LogP contribution in [-0.4, -0.2) is 5.24 Å². The zero-order chi connectivity index (χ0) is 11.5. The van der Waals surface area contributed by atoms with Crippen LogP contribution >= 0.6 is 11.6 Å². The van der Waals surface area contributed by atoms with Crippen LogP contribution in [0, 0.1) is 11.3 Å². The third-order valence-corrected chi connectivity index (χ3v) is 3.20. The molecule has 0 bridgehead atoms. The van der Waals surface area contributed by atoms with Gasteiger partial charge in [0.05, 0.1) is 17.0 Å². The van der Waals surface area contributed by atoms with E-state index >= 15 is 0 Å². The molecule has 1 aromatic carbocycles. The summed E-state index contributed by atoms with van der Waals surface area (Å²) >= 11 is 5.60. The summed E-state index contributed by atoms with van der Waals surface area (Å²) in [6, 6.07) is 9.14. The van der Waals surface area contributed by atoms with Gasteiger partial charge in [-0.15, -0.1) is 0 Å². The smallest absolute Gasteiger partial charge is 0.231 e. The van der Waals surface area contributed by atoms with Crippen LogP contribution in [0.1, 0.15) is 31.4 Å². The predicted molar refractivity (Wildman–Crippen MR) is 59.7 cm³/mol. The van der Waals surface area contributed by atoms with Gasteiger partial charge in [0.15, 0.2) is 0 Å². The average Bonchev–Trinajstić information content (AvgIpc) is 2.27. The summed E-state index contributed by atoms with van der Waals surface area (Å²) in [4.78, 5) is 11.4. The van der Waals surface area contributed by atoms with E-state index in [1.807, 2.05) is 13.0 Å². The first kappa shape index (κ1) is 11.7. The molecule has 0 saturated carbocycles. The van der Waals surface area contributed by atoms with E-state index < -0.39 is 10.7 Å². The second-order valence-electron chi connectivity index (χ2n) is 3.62. The van der Waals surface area contributed by atoms with Crippen molar-refractivity contribution in [3.63, 3.8) is 0 Å². The van der Waals surface area contributed by atoms with Crippen LogP contribution < -0.4 is 0 Å². The highest BCUT2D eigenvalue weighted by molar-refractivity contribution is 6.65. The van der Waals surface area contributed by atoms with Crippen molar-refractivity contribution < 1.29 is 4.79 Å². The fourth-order valence-electron chi connectivity index (χ4n) is 1.50. The number of rotatable bonds is 3. The lowest BCUT2D eigenvalue weighted by Crippen LogP contribution is -2.29. The minimum atomic E-state index is -0.770. The highest BCUT2D eigenvalue weighted by Crippen LogP contribution is 2.32. The summed E-state index contributed by atoms with van der Waals surface area (Å²) in [5.41, 5.74) is 0.444. The molecule has 0 aliphatic heterocycles. The number of benzene rings is 1. The van der Waals surface area contributed by atoms with Crippen LogP contribution in [0.2, 0.25) is 0 Å². The normalized spacial score (nSPS) is 14.0. The highest BCUT2D eigenvalue weighted by Gasteiger charge is 2.33. The number of nitrogens with zero attached hydrogens (tertiary/aromatic N) is 1. The van der Waals surface area contributed by atoms with Crippen LogP contribution in [0.5, 0.6) is 0 Å². The quantitative estimate of drug-likeness (QED) is 0.737. The molecule has 0 aliphatic rings. The average molecular weight is 222 g/mol. The SMILES string of the molecule is CCC(C)(C(=O)Cl)c1ccccc1C#N. The number of carbonyl (C=O) groups excluding carboxylic acids is 1. The van der Waals surface area contributed by atoms with Crippen molar-refractivity contribution >= 4 is 16.8 Å². The first-order chi connectivity index (χ1) is 7.06. The Bertz CT molecular complexity index is 422. The maximum atomic E-state index is 11.4. The molecule has 1 aromatic rings. The van der Waals surface area contributed by atoms with E-state index in [0.29, 0.717) is 17.5 Å². The Morgan fingerprint density at radius 1 is 1.53 bits per heavy atom. The topological polar surface area (TPSA) is 40.9 Å². The maximum absolute atomic E-state index is 11.4. The molecule has 0 amide bonds. The Morgan fingerprint density at radius 2 is 2.13 bits per heavy atom. The van der Waals surface area contributed by atoms with Gasteiger partial charge in [0.1, 0.15) is 0 Å². The molecule has 0 spiro atoms. The Morgan fingerprint density at radius 3 is 2.60 bits per heavy atom. The van der Waals surface area contributed by atoms with E-state index in [0.717, 1.165) is 0 Å². The van der Waals surface area contributed by atoms with Gasteiger partial charge in [-0.3, -0.25) is 4.79 Å². The maximum Gasteiger partial charge on any atom is 0.231 e. The number of carbonyl (C=O) groups is 1. The van der Waals surface area contributed by atoms with Crippen LogP contribution in [-0.2, 0) is 10.2 Å².